The van der Waals surface area contributed by atoms with E-state index in [-0.39, 0.29) is 5.91 Å². The maximum absolute atomic E-state index is 11.3. The molecule has 1 aromatic rings. The molecule has 3 N–H and O–H groups in total. The largest absolute Gasteiger partial charge is 0.368 e. The molecule has 0 saturated carbocycles. The Morgan fingerprint density at radius 1 is 1.47 bits per heavy atom. The monoisotopic (exact) mass is 272 g/mol. The number of nitrogens with two attached hydrogens (primary N) is 1. The molecule has 94 valence electrons. The summed E-state index contributed by atoms with van der Waals surface area (Å²) in [7, 11) is 1.75. The van der Waals surface area contributed by atoms with Gasteiger partial charge in [-0.2, -0.15) is 0 Å². The molecule has 0 fully saturated rings. The normalized spacial score (nSPS) is 14.3. The second kappa shape index (κ2) is 6.28. The van der Waals surface area contributed by atoms with E-state index in [2.05, 4.69) is 5.32 Å². The van der Waals surface area contributed by atoms with Crippen LogP contribution in [0.3, 0.4) is 0 Å². The van der Waals surface area contributed by atoms with Crippen molar-refractivity contribution in [2.24, 2.45) is 5.73 Å². The first kappa shape index (κ1) is 14.4. The van der Waals surface area contributed by atoms with E-state index in [0.29, 0.717) is 6.42 Å². The molecule has 0 aliphatic rings. The van der Waals surface area contributed by atoms with Crippen molar-refractivity contribution in [2.45, 2.75) is 23.8 Å². The van der Waals surface area contributed by atoms with Crippen LogP contribution in [-0.4, -0.2) is 24.2 Å². The van der Waals surface area contributed by atoms with E-state index in [1.165, 1.54) is 0 Å². The van der Waals surface area contributed by atoms with Crippen LogP contribution in [0.25, 0.3) is 0 Å². The van der Waals surface area contributed by atoms with Crippen molar-refractivity contribution in [1.29, 1.82) is 0 Å². The fourth-order valence-electron chi connectivity index (χ4n) is 1.28. The molecule has 0 saturated heterocycles. The number of rotatable bonds is 6. The summed E-state index contributed by atoms with van der Waals surface area (Å²) in [6.45, 7) is 1.82. The molecule has 0 radical (unpaired) electrons. The van der Waals surface area contributed by atoms with Crippen LogP contribution in [0.5, 0.6) is 0 Å². The van der Waals surface area contributed by atoms with Crippen LogP contribution in [0.2, 0.25) is 5.02 Å². The fourth-order valence-corrected chi connectivity index (χ4v) is 2.48. The number of carbonyl (C=O) groups excluding carboxylic acids is 1. The van der Waals surface area contributed by atoms with Gasteiger partial charge in [-0.25, -0.2) is 0 Å². The fraction of sp³-hybridized carbons (Fsp3) is 0.417. The maximum Gasteiger partial charge on any atom is 0.237 e. The van der Waals surface area contributed by atoms with E-state index < -0.39 is 5.54 Å². The summed E-state index contributed by atoms with van der Waals surface area (Å²) in [4.78, 5) is 12.4. The first-order valence-electron chi connectivity index (χ1n) is 5.35. The molecule has 17 heavy (non-hydrogen) atoms. The summed E-state index contributed by atoms with van der Waals surface area (Å²) < 4.78 is 0. The summed E-state index contributed by atoms with van der Waals surface area (Å²) in [6, 6.07) is 7.65. The van der Waals surface area contributed by atoms with Gasteiger partial charge in [0, 0.05) is 15.7 Å². The van der Waals surface area contributed by atoms with Crippen LogP contribution in [0, 0.1) is 0 Å². The van der Waals surface area contributed by atoms with Gasteiger partial charge in [-0.05, 0) is 44.7 Å². The highest BCUT2D eigenvalue weighted by molar-refractivity contribution is 7.99. The predicted octanol–water partition coefficient (Wildman–Crippen LogP) is 2.29. The van der Waals surface area contributed by atoms with Gasteiger partial charge in [-0.15, -0.1) is 11.8 Å². The Morgan fingerprint density at radius 3 is 2.53 bits per heavy atom. The topological polar surface area (TPSA) is 55.1 Å². The van der Waals surface area contributed by atoms with Gasteiger partial charge in [-0.3, -0.25) is 4.79 Å². The van der Waals surface area contributed by atoms with E-state index in [1.54, 1.807) is 18.8 Å². The van der Waals surface area contributed by atoms with Gasteiger partial charge in [0.2, 0.25) is 5.91 Å². The van der Waals surface area contributed by atoms with Crippen molar-refractivity contribution in [3.63, 3.8) is 0 Å². The van der Waals surface area contributed by atoms with Gasteiger partial charge in [0.05, 0.1) is 5.54 Å². The van der Waals surface area contributed by atoms with Crippen molar-refractivity contribution in [3.05, 3.63) is 29.3 Å². The summed E-state index contributed by atoms with van der Waals surface area (Å²) >= 11 is 7.48. The Labute approximate surface area is 111 Å². The second-order valence-corrected chi connectivity index (χ2v) is 5.60. The summed E-state index contributed by atoms with van der Waals surface area (Å²) in [5.74, 6) is 0.499. The molecule has 0 aliphatic heterocycles. The zero-order valence-electron chi connectivity index (χ0n) is 10.00. The molecule has 1 atom stereocenters. The molecule has 0 aliphatic carbocycles. The van der Waals surface area contributed by atoms with E-state index >= 15 is 0 Å². The third kappa shape index (κ3) is 4.22. The molecular formula is C12H17ClN2OS. The predicted molar refractivity (Wildman–Crippen MR) is 73.5 cm³/mol. The Balaban J connectivity index is 2.47. The van der Waals surface area contributed by atoms with Crippen LogP contribution >= 0.6 is 23.4 Å². The number of thioether (sulfide) groups is 1. The van der Waals surface area contributed by atoms with Gasteiger partial charge in [-0.1, -0.05) is 11.6 Å². The van der Waals surface area contributed by atoms with Gasteiger partial charge in [0.25, 0.3) is 0 Å². The first-order valence-corrected chi connectivity index (χ1v) is 6.71. The molecule has 1 unspecified atom stereocenters. The number of amides is 1. The number of primary amides is 1. The summed E-state index contributed by atoms with van der Waals surface area (Å²) in [5.41, 5.74) is 4.71. The van der Waals surface area contributed by atoms with Crippen molar-refractivity contribution >= 4 is 29.3 Å². The highest BCUT2D eigenvalue weighted by Gasteiger charge is 2.28. The molecule has 1 amide bonds. The van der Waals surface area contributed by atoms with Crippen molar-refractivity contribution < 1.29 is 4.79 Å². The Bertz CT molecular complexity index is 383. The van der Waals surface area contributed by atoms with E-state index in [0.717, 1.165) is 15.7 Å². The minimum Gasteiger partial charge on any atom is -0.368 e. The highest BCUT2D eigenvalue weighted by Crippen LogP contribution is 2.23. The van der Waals surface area contributed by atoms with Gasteiger partial charge in [0.15, 0.2) is 0 Å². The molecule has 0 heterocycles. The lowest BCUT2D eigenvalue weighted by Crippen LogP contribution is -2.51. The second-order valence-electron chi connectivity index (χ2n) is 4.00. The molecule has 1 aromatic carbocycles. The molecule has 5 heteroatoms. The number of carbonyl (C=O) groups is 1. The summed E-state index contributed by atoms with van der Waals surface area (Å²) in [5, 5.41) is 3.69. The lowest BCUT2D eigenvalue weighted by molar-refractivity contribution is -0.123. The minimum absolute atomic E-state index is 0.322. The van der Waals surface area contributed by atoms with E-state index in [1.807, 2.05) is 31.2 Å². The quantitative estimate of drug-likeness (QED) is 0.781. The lowest BCUT2D eigenvalue weighted by Gasteiger charge is -2.25. The molecule has 0 aromatic heterocycles. The molecule has 3 nitrogen and oxygen atoms in total. The SMILES string of the molecule is CNC(C)(CCSc1ccc(Cl)cc1)C(N)=O. The number of benzene rings is 1. The standard InChI is InChI=1S/C12H17ClN2OS/c1-12(15-2,11(14)16)7-8-17-10-5-3-9(13)4-6-10/h3-6,15H,7-8H2,1-2H3,(H2,14,16). The van der Waals surface area contributed by atoms with Gasteiger partial charge < -0.3 is 11.1 Å². The first-order chi connectivity index (χ1) is 7.98. The van der Waals surface area contributed by atoms with Crippen LogP contribution in [0.15, 0.2) is 29.2 Å². The molecule has 0 bridgehead atoms. The average molecular weight is 273 g/mol. The van der Waals surface area contributed by atoms with Crippen molar-refractivity contribution in [3.8, 4) is 0 Å². The average Bonchev–Trinajstić information content (AvgIpc) is 2.31. The van der Waals surface area contributed by atoms with Crippen LogP contribution in [0.4, 0.5) is 0 Å². The van der Waals surface area contributed by atoms with E-state index in [9.17, 15) is 4.79 Å². The zero-order valence-corrected chi connectivity index (χ0v) is 11.6. The molecule has 1 rings (SSSR count). The zero-order chi connectivity index (χ0) is 12.9. The van der Waals surface area contributed by atoms with Crippen LogP contribution < -0.4 is 11.1 Å². The Kier molecular flexibility index (Phi) is 5.31. The number of nitrogens with one attached hydrogen (secondary N) is 1. The van der Waals surface area contributed by atoms with Crippen LogP contribution in [0.1, 0.15) is 13.3 Å². The molecular weight excluding hydrogens is 256 g/mol. The summed E-state index contributed by atoms with van der Waals surface area (Å²) in [6.07, 6.45) is 0.687. The number of likely N-dealkylation sites (N-methyl/N-ethyl adjacent to an activating group) is 1. The van der Waals surface area contributed by atoms with Gasteiger partial charge >= 0.3 is 0 Å². The molecule has 0 spiro atoms. The third-order valence-electron chi connectivity index (χ3n) is 2.78. The van der Waals surface area contributed by atoms with Gasteiger partial charge in [0.1, 0.15) is 0 Å². The maximum atomic E-state index is 11.3. The van der Waals surface area contributed by atoms with Crippen molar-refractivity contribution in [1.82, 2.24) is 5.32 Å². The van der Waals surface area contributed by atoms with Crippen LogP contribution in [-0.2, 0) is 4.79 Å². The minimum atomic E-state index is -0.639. The van der Waals surface area contributed by atoms with Crippen molar-refractivity contribution in [2.75, 3.05) is 12.8 Å². The third-order valence-corrected chi connectivity index (χ3v) is 4.05. The number of hydrogen-bond acceptors (Lipinski definition) is 3. The lowest BCUT2D eigenvalue weighted by atomic mass is 9.99. The van der Waals surface area contributed by atoms with E-state index in [4.69, 9.17) is 17.3 Å². The Morgan fingerprint density at radius 2 is 2.06 bits per heavy atom. The Hall–Kier alpha value is -0.710. The number of hydrogen-bond donors (Lipinski definition) is 2. The highest BCUT2D eigenvalue weighted by atomic mass is 35.5. The number of halogens is 1. The smallest absolute Gasteiger partial charge is 0.237 e.